The fraction of sp³-hybridized carbons (Fsp3) is 0.321. The summed E-state index contributed by atoms with van der Waals surface area (Å²) in [6.07, 6.45) is 0.130. The first-order valence-corrected chi connectivity index (χ1v) is 15.2. The lowest BCUT2D eigenvalue weighted by Gasteiger charge is -2.40. The molecule has 1 aromatic heterocycles. The Labute approximate surface area is 248 Å². The molecule has 0 radical (unpaired) electrons. The van der Waals surface area contributed by atoms with Crippen molar-refractivity contribution in [2.75, 3.05) is 20.3 Å². The maximum atomic E-state index is 13.3. The number of hydrogen-bond donors (Lipinski definition) is 2. The molecular formula is C28H27N5O7S2. The number of fused-ring (bicyclic) bond motifs is 4. The van der Waals surface area contributed by atoms with Gasteiger partial charge >= 0.3 is 12.2 Å². The van der Waals surface area contributed by atoms with Crippen LogP contribution in [0.3, 0.4) is 0 Å². The van der Waals surface area contributed by atoms with Gasteiger partial charge < -0.3 is 30.6 Å². The largest absolute Gasteiger partial charge is 0.449 e. The van der Waals surface area contributed by atoms with Crippen molar-refractivity contribution in [1.29, 1.82) is 0 Å². The molecule has 0 unspecified atom stereocenters. The molecule has 6 rings (SSSR count). The predicted molar refractivity (Wildman–Crippen MR) is 151 cm³/mol. The number of pyridine rings is 1. The number of piperazine rings is 1. The summed E-state index contributed by atoms with van der Waals surface area (Å²) >= 11 is 0. The Hall–Kier alpha value is -4.01. The number of methoxy groups -OCH3 is 1. The minimum atomic E-state index is -1.35. The third-order valence-corrected chi connectivity index (χ3v) is 10.3. The van der Waals surface area contributed by atoms with E-state index in [1.165, 1.54) is 29.7 Å². The van der Waals surface area contributed by atoms with Crippen LogP contribution in [0.1, 0.15) is 12.5 Å². The Morgan fingerprint density at radius 1 is 1.12 bits per heavy atom. The van der Waals surface area contributed by atoms with Crippen LogP contribution < -0.4 is 11.5 Å². The molecule has 2 aromatic rings. The van der Waals surface area contributed by atoms with E-state index in [1.54, 1.807) is 21.9 Å². The van der Waals surface area contributed by atoms with Crippen LogP contribution in [0.4, 0.5) is 9.59 Å². The highest BCUT2D eigenvalue weighted by Crippen LogP contribution is 2.59. The Morgan fingerprint density at radius 3 is 2.64 bits per heavy atom. The maximum Gasteiger partial charge on any atom is 0.410 e. The predicted octanol–water partition coefficient (Wildman–Crippen LogP) is 2.59. The minimum Gasteiger partial charge on any atom is -0.449 e. The molecule has 42 heavy (non-hydrogen) atoms. The molecule has 14 heteroatoms. The molecule has 218 valence electrons. The van der Waals surface area contributed by atoms with Gasteiger partial charge in [-0.2, -0.15) is 0 Å². The van der Waals surface area contributed by atoms with Crippen LogP contribution in [0.5, 0.6) is 0 Å². The van der Waals surface area contributed by atoms with Crippen molar-refractivity contribution in [2.45, 2.75) is 41.3 Å². The summed E-state index contributed by atoms with van der Waals surface area (Å²) in [6.45, 7) is 1.42. The number of Topliss-reactive ketones (excluding diaryl/α,β-unsaturated/α-hetero) is 2. The number of aromatic nitrogens is 1. The molecule has 12 nitrogen and oxygen atoms in total. The Bertz CT molecular complexity index is 1560. The lowest BCUT2D eigenvalue weighted by molar-refractivity contribution is -0.144. The summed E-state index contributed by atoms with van der Waals surface area (Å²) in [6, 6.07) is 12.5. The Kier molecular flexibility index (Phi) is 7.15. The molecule has 3 aliphatic heterocycles. The van der Waals surface area contributed by atoms with Gasteiger partial charge in [0.15, 0.2) is 5.72 Å². The van der Waals surface area contributed by atoms with Crippen molar-refractivity contribution < 1.29 is 33.4 Å². The first-order chi connectivity index (χ1) is 20.2. The summed E-state index contributed by atoms with van der Waals surface area (Å²) < 4.78 is 16.8. The second-order valence-corrected chi connectivity index (χ2v) is 12.4. The number of carbonyl (C=O) groups excluding carboxylic acids is 4. The van der Waals surface area contributed by atoms with Gasteiger partial charge in [0.2, 0.25) is 11.6 Å². The van der Waals surface area contributed by atoms with Gasteiger partial charge in [-0.3, -0.25) is 14.5 Å². The van der Waals surface area contributed by atoms with E-state index in [1.807, 2.05) is 42.5 Å². The van der Waals surface area contributed by atoms with E-state index >= 15 is 0 Å². The van der Waals surface area contributed by atoms with E-state index in [2.05, 4.69) is 4.98 Å². The average Bonchev–Trinajstić information content (AvgIpc) is 3.51. The molecule has 2 fully saturated rings. The van der Waals surface area contributed by atoms with Crippen molar-refractivity contribution in [3.05, 3.63) is 76.8 Å². The van der Waals surface area contributed by atoms with Gasteiger partial charge in [0.05, 0.1) is 23.4 Å². The van der Waals surface area contributed by atoms with Crippen LogP contribution in [0.2, 0.25) is 0 Å². The molecule has 0 bridgehead atoms. The van der Waals surface area contributed by atoms with Gasteiger partial charge in [-0.05, 0) is 47.5 Å². The van der Waals surface area contributed by atoms with Gasteiger partial charge in [-0.1, -0.05) is 29.0 Å². The van der Waals surface area contributed by atoms with Crippen LogP contribution in [-0.2, 0) is 30.4 Å². The number of nitrogens with zero attached hydrogens (tertiary/aromatic N) is 3. The van der Waals surface area contributed by atoms with Crippen molar-refractivity contribution >= 4 is 45.3 Å². The van der Waals surface area contributed by atoms with Crippen LogP contribution >= 0.6 is 21.6 Å². The second kappa shape index (κ2) is 10.7. The highest BCUT2D eigenvalue weighted by molar-refractivity contribution is 8.76. The van der Waals surface area contributed by atoms with Gasteiger partial charge in [0.1, 0.15) is 24.3 Å². The number of allylic oxidation sites excluding steroid dienone is 2. The zero-order valence-electron chi connectivity index (χ0n) is 22.6. The molecule has 0 saturated carbocycles. The number of primary amides is 1. The lowest BCUT2D eigenvalue weighted by atomic mass is 9.82. The zero-order valence-corrected chi connectivity index (χ0v) is 24.3. The standard InChI is InChI=1S/C28H27N5O7S2/c1-14-21(29)24(35)20-17(13-39-26(30)36)28(38-2)25-18(11-32(28)22(20)23(14)34)33(25)27(37)40-12-15-6-5-7-16(10-15)41-42-19-8-3-4-9-31-19/h3-10,17-18,25H,11-13,29H2,1-2H3,(H2,30,36)/t17-,18+,25+,28-,33?/m1/s1. The zero-order chi connectivity index (χ0) is 29.8. The second-order valence-electron chi connectivity index (χ2n) is 10.2. The van der Waals surface area contributed by atoms with E-state index in [0.29, 0.717) is 0 Å². The number of ether oxygens (including phenoxy) is 3. The van der Waals surface area contributed by atoms with Crippen LogP contribution in [0.15, 0.2) is 81.1 Å². The van der Waals surface area contributed by atoms with Gasteiger partial charge in [-0.15, -0.1) is 0 Å². The fourth-order valence-electron chi connectivity index (χ4n) is 6.12. The molecule has 4 aliphatic rings. The topological polar surface area (TPSA) is 167 Å². The van der Waals surface area contributed by atoms with E-state index in [-0.39, 0.29) is 48.3 Å². The summed E-state index contributed by atoms with van der Waals surface area (Å²) in [4.78, 5) is 59.9. The molecule has 4 atom stereocenters. The van der Waals surface area contributed by atoms with Crippen LogP contribution in [0.25, 0.3) is 0 Å². The molecule has 0 spiro atoms. The Balaban J connectivity index is 1.18. The van der Waals surface area contributed by atoms with E-state index < -0.39 is 41.4 Å². The summed E-state index contributed by atoms with van der Waals surface area (Å²) in [5.41, 5.74) is 10.9. The normalized spacial score (nSPS) is 25.8. The molecule has 2 saturated heterocycles. The van der Waals surface area contributed by atoms with Crippen molar-refractivity contribution in [3.8, 4) is 0 Å². The molecule has 4 N–H and O–H groups in total. The van der Waals surface area contributed by atoms with E-state index in [0.717, 1.165) is 15.5 Å². The number of hydrogen-bond acceptors (Lipinski definition) is 12. The molecule has 1 aromatic carbocycles. The van der Waals surface area contributed by atoms with Crippen LogP contribution in [0, 0.1) is 5.92 Å². The van der Waals surface area contributed by atoms with Crippen molar-refractivity contribution in [1.82, 2.24) is 14.8 Å². The highest BCUT2D eigenvalue weighted by atomic mass is 33.1. The molecular weight excluding hydrogens is 582 g/mol. The fourth-order valence-corrected chi connectivity index (χ4v) is 8.02. The number of amides is 2. The minimum absolute atomic E-state index is 0.0424. The third kappa shape index (κ3) is 4.41. The van der Waals surface area contributed by atoms with Crippen molar-refractivity contribution in [2.24, 2.45) is 17.4 Å². The van der Waals surface area contributed by atoms with Gasteiger partial charge in [0, 0.05) is 35.9 Å². The monoisotopic (exact) mass is 609 g/mol. The molecule has 2 amide bonds. The summed E-state index contributed by atoms with van der Waals surface area (Å²) in [5, 5.41) is 0.883. The number of nitrogens with two attached hydrogens (primary N) is 2. The third-order valence-electron chi connectivity index (χ3n) is 8.02. The summed E-state index contributed by atoms with van der Waals surface area (Å²) in [7, 11) is 4.50. The maximum absolute atomic E-state index is 13.3. The number of rotatable bonds is 8. The lowest BCUT2D eigenvalue weighted by Crippen LogP contribution is -2.56. The average molecular weight is 610 g/mol. The Morgan fingerprint density at radius 2 is 1.93 bits per heavy atom. The number of ketones is 2. The van der Waals surface area contributed by atoms with Crippen LogP contribution in [-0.4, -0.2) is 76.6 Å². The van der Waals surface area contributed by atoms with E-state index in [4.69, 9.17) is 25.7 Å². The molecule has 4 heterocycles. The first-order valence-electron chi connectivity index (χ1n) is 13.0. The first kappa shape index (κ1) is 28.1. The van der Waals surface area contributed by atoms with E-state index in [9.17, 15) is 19.2 Å². The number of carbonyl (C=O) groups is 4. The van der Waals surface area contributed by atoms with Gasteiger partial charge in [-0.25, -0.2) is 14.6 Å². The van der Waals surface area contributed by atoms with Crippen molar-refractivity contribution in [3.63, 3.8) is 0 Å². The molecule has 1 aliphatic carbocycles. The van der Waals surface area contributed by atoms with Gasteiger partial charge in [0.25, 0.3) is 0 Å². The quantitative estimate of drug-likeness (QED) is 0.255. The number of benzene rings is 1. The summed E-state index contributed by atoms with van der Waals surface area (Å²) in [5.74, 6) is -1.85. The SMILES string of the molecule is CO[C@@]12[C@H](COC(N)=O)C3=C(C(=O)C(C)=C(N)C3=O)N1C[C@H]1[C@@H]2N1C(=O)OCc1cccc(SSc2ccccn2)c1. The highest BCUT2D eigenvalue weighted by Gasteiger charge is 2.78. The smallest absolute Gasteiger partial charge is 0.410 e.